The van der Waals surface area contributed by atoms with Gasteiger partial charge in [0.2, 0.25) is 5.91 Å². The maximum atomic E-state index is 12.9. The number of amides is 1. The van der Waals surface area contributed by atoms with Gasteiger partial charge in [0.1, 0.15) is 17.4 Å². The molecule has 4 rings (SSSR count). The summed E-state index contributed by atoms with van der Waals surface area (Å²) in [6.07, 6.45) is 4.46. The van der Waals surface area contributed by atoms with Gasteiger partial charge in [-0.05, 0) is 49.8 Å². The number of halogens is 1. The van der Waals surface area contributed by atoms with Gasteiger partial charge in [-0.25, -0.2) is 4.79 Å². The molecule has 37 heavy (non-hydrogen) atoms. The highest BCUT2D eigenvalue weighted by Crippen LogP contribution is 2.40. The number of carbonyl (C=O) groups excluding carboxylic acids is 2. The van der Waals surface area contributed by atoms with Crippen molar-refractivity contribution < 1.29 is 19.1 Å². The van der Waals surface area contributed by atoms with E-state index in [9.17, 15) is 9.59 Å². The summed E-state index contributed by atoms with van der Waals surface area (Å²) < 4.78 is 13.0. The molecule has 0 saturated carbocycles. The van der Waals surface area contributed by atoms with Gasteiger partial charge in [-0.1, -0.05) is 48.5 Å². The molecule has 2 aromatic heterocycles. The minimum Gasteiger partial charge on any atom is -0.484 e. The lowest BCUT2D eigenvalue weighted by Crippen LogP contribution is -2.18. The normalized spacial score (nSPS) is 14.6. The number of fused-ring (bicyclic) bond motifs is 1. The Bertz CT molecular complexity index is 1290. The minimum absolute atomic E-state index is 0.0991. The molecule has 1 N–H and O–H groups in total. The van der Waals surface area contributed by atoms with Crippen LogP contribution in [0.5, 0.6) is 5.75 Å². The molecular weight excluding hydrogens is 532 g/mol. The number of thioether (sulfide) groups is 1. The SMILES string of the molecule is C=CCn1c(COc2ccccc2Cl)nnc1SCC(=O)Nc1sc2c(c1C(=O)OCC)CCC(C)C2. The fourth-order valence-electron chi connectivity index (χ4n) is 4.10. The van der Waals surface area contributed by atoms with Gasteiger partial charge < -0.3 is 14.8 Å². The van der Waals surface area contributed by atoms with Crippen molar-refractivity contribution >= 4 is 51.6 Å². The molecule has 1 unspecified atom stereocenters. The molecule has 0 bridgehead atoms. The molecule has 0 saturated heterocycles. The highest BCUT2D eigenvalue weighted by Gasteiger charge is 2.29. The van der Waals surface area contributed by atoms with Gasteiger partial charge in [-0.15, -0.1) is 28.1 Å². The number of para-hydroxylation sites is 1. The molecule has 1 aliphatic carbocycles. The van der Waals surface area contributed by atoms with E-state index in [1.165, 1.54) is 23.1 Å². The second-order valence-corrected chi connectivity index (χ2v) is 11.1. The van der Waals surface area contributed by atoms with Gasteiger partial charge >= 0.3 is 5.97 Å². The number of nitrogens with one attached hydrogen (secondary N) is 1. The van der Waals surface area contributed by atoms with Gasteiger partial charge in [0, 0.05) is 11.4 Å². The number of anilines is 1. The molecule has 196 valence electrons. The molecule has 3 aromatic rings. The Kier molecular flexibility index (Phi) is 9.28. The number of aromatic nitrogens is 3. The monoisotopic (exact) mass is 560 g/mol. The Hall–Kier alpha value is -2.82. The van der Waals surface area contributed by atoms with E-state index in [1.807, 2.05) is 16.7 Å². The molecule has 1 aliphatic rings. The Morgan fingerprint density at radius 3 is 2.92 bits per heavy atom. The van der Waals surface area contributed by atoms with E-state index < -0.39 is 0 Å². The predicted molar refractivity (Wildman–Crippen MR) is 147 cm³/mol. The second-order valence-electron chi connectivity index (χ2n) is 8.63. The number of benzene rings is 1. The molecular formula is C26H29ClN4O4S2. The summed E-state index contributed by atoms with van der Waals surface area (Å²) >= 11 is 8.91. The fourth-order valence-corrected chi connectivity index (χ4v) is 6.47. The third kappa shape index (κ3) is 6.55. The Balaban J connectivity index is 1.44. The first kappa shape index (κ1) is 27.2. The average Bonchev–Trinajstić information content (AvgIpc) is 3.42. The summed E-state index contributed by atoms with van der Waals surface area (Å²) in [6.45, 7) is 8.70. The van der Waals surface area contributed by atoms with Crippen LogP contribution in [0.25, 0.3) is 0 Å². The first-order valence-electron chi connectivity index (χ1n) is 12.1. The zero-order valence-corrected chi connectivity index (χ0v) is 23.2. The van der Waals surface area contributed by atoms with E-state index in [2.05, 4.69) is 29.0 Å². The molecule has 0 radical (unpaired) electrons. The summed E-state index contributed by atoms with van der Waals surface area (Å²) in [7, 11) is 0. The molecule has 8 nitrogen and oxygen atoms in total. The number of carbonyl (C=O) groups is 2. The summed E-state index contributed by atoms with van der Waals surface area (Å²) in [4.78, 5) is 26.8. The number of esters is 1. The topological polar surface area (TPSA) is 95.3 Å². The van der Waals surface area contributed by atoms with Gasteiger partial charge in [-0.2, -0.15) is 0 Å². The lowest BCUT2D eigenvalue weighted by Gasteiger charge is -2.18. The zero-order valence-electron chi connectivity index (χ0n) is 20.8. The van der Waals surface area contributed by atoms with E-state index >= 15 is 0 Å². The maximum Gasteiger partial charge on any atom is 0.341 e. The van der Waals surface area contributed by atoms with Crippen LogP contribution in [-0.2, 0) is 35.5 Å². The Morgan fingerprint density at radius 2 is 2.16 bits per heavy atom. The van der Waals surface area contributed by atoms with Crippen molar-refractivity contribution in [3.63, 3.8) is 0 Å². The number of hydrogen-bond donors (Lipinski definition) is 1. The largest absolute Gasteiger partial charge is 0.484 e. The number of thiophene rings is 1. The molecule has 11 heteroatoms. The van der Waals surface area contributed by atoms with Crippen molar-refractivity contribution in [3.05, 3.63) is 63.8 Å². The standard InChI is InChI=1S/C26H29ClN4O4S2/c1-4-12-31-21(14-35-19-9-7-6-8-18(19)27)29-30-26(31)36-15-22(32)28-24-23(25(33)34-5-2)17-11-10-16(3)13-20(17)37-24/h4,6-9,16H,1,5,10-15H2,2-3H3,(H,28,32). The summed E-state index contributed by atoms with van der Waals surface area (Å²) in [5.74, 6) is 1.17. The van der Waals surface area contributed by atoms with Crippen LogP contribution < -0.4 is 10.1 Å². The molecule has 1 amide bonds. The quantitative estimate of drug-likeness (QED) is 0.180. The maximum absolute atomic E-state index is 12.9. The van der Waals surface area contributed by atoms with Gasteiger partial charge in [0.25, 0.3) is 0 Å². The van der Waals surface area contributed by atoms with Crippen LogP contribution in [0.15, 0.2) is 42.1 Å². The number of allylic oxidation sites excluding steroid dienone is 1. The first-order valence-corrected chi connectivity index (χ1v) is 14.2. The number of hydrogen-bond acceptors (Lipinski definition) is 8. The minimum atomic E-state index is -0.383. The van der Waals surface area contributed by atoms with E-state index in [-0.39, 0.29) is 30.8 Å². The number of ether oxygens (including phenoxy) is 2. The second kappa shape index (κ2) is 12.6. The van der Waals surface area contributed by atoms with E-state index in [0.717, 1.165) is 29.7 Å². The third-order valence-electron chi connectivity index (χ3n) is 5.88. The van der Waals surface area contributed by atoms with Crippen molar-refractivity contribution in [3.8, 4) is 5.75 Å². The van der Waals surface area contributed by atoms with Crippen molar-refractivity contribution in [1.82, 2.24) is 14.8 Å². The molecule has 0 spiro atoms. The van der Waals surface area contributed by atoms with E-state index in [0.29, 0.717) is 44.8 Å². The Labute approximate surface area is 229 Å². The van der Waals surface area contributed by atoms with Gasteiger partial charge in [0.15, 0.2) is 11.0 Å². The molecule has 1 aromatic carbocycles. The predicted octanol–water partition coefficient (Wildman–Crippen LogP) is 5.79. The molecule has 0 fully saturated rings. The summed E-state index contributed by atoms with van der Waals surface area (Å²) in [6, 6.07) is 7.21. The zero-order chi connectivity index (χ0) is 26.4. The van der Waals surface area contributed by atoms with Crippen LogP contribution in [0, 0.1) is 5.92 Å². The summed E-state index contributed by atoms with van der Waals surface area (Å²) in [5.41, 5.74) is 1.51. The van der Waals surface area contributed by atoms with Crippen LogP contribution in [0.1, 0.15) is 46.9 Å². The lowest BCUT2D eigenvalue weighted by atomic mass is 9.88. The van der Waals surface area contributed by atoms with E-state index in [1.54, 1.807) is 25.1 Å². The summed E-state index contributed by atoms with van der Waals surface area (Å²) in [5, 5.41) is 13.1. The first-order chi connectivity index (χ1) is 17.9. The van der Waals surface area contributed by atoms with Crippen molar-refractivity contribution in [2.24, 2.45) is 5.92 Å². The highest BCUT2D eigenvalue weighted by molar-refractivity contribution is 7.99. The average molecular weight is 561 g/mol. The molecule has 0 aliphatic heterocycles. The third-order valence-corrected chi connectivity index (χ3v) is 8.32. The molecule has 1 atom stereocenters. The van der Waals surface area contributed by atoms with Gasteiger partial charge in [-0.3, -0.25) is 9.36 Å². The smallest absolute Gasteiger partial charge is 0.341 e. The van der Waals surface area contributed by atoms with Crippen LogP contribution in [0.2, 0.25) is 5.02 Å². The lowest BCUT2D eigenvalue weighted by molar-refractivity contribution is -0.113. The van der Waals surface area contributed by atoms with Crippen molar-refractivity contribution in [2.75, 3.05) is 17.7 Å². The Morgan fingerprint density at radius 1 is 1.35 bits per heavy atom. The van der Waals surface area contributed by atoms with Crippen molar-refractivity contribution in [2.45, 2.75) is 51.4 Å². The highest BCUT2D eigenvalue weighted by atomic mass is 35.5. The molecule has 2 heterocycles. The number of rotatable bonds is 11. The van der Waals surface area contributed by atoms with E-state index in [4.69, 9.17) is 21.1 Å². The van der Waals surface area contributed by atoms with Crippen LogP contribution in [-0.4, -0.2) is 39.0 Å². The van der Waals surface area contributed by atoms with Crippen LogP contribution in [0.3, 0.4) is 0 Å². The number of nitrogens with zero attached hydrogens (tertiary/aromatic N) is 3. The van der Waals surface area contributed by atoms with Gasteiger partial charge in [0.05, 0.1) is 22.9 Å². The van der Waals surface area contributed by atoms with Crippen LogP contribution >= 0.6 is 34.7 Å². The van der Waals surface area contributed by atoms with Crippen molar-refractivity contribution in [1.29, 1.82) is 0 Å². The fraction of sp³-hybridized carbons (Fsp3) is 0.385. The van der Waals surface area contributed by atoms with Crippen LogP contribution in [0.4, 0.5) is 5.00 Å².